The molecule has 0 aromatic carbocycles. The van der Waals surface area contributed by atoms with Crippen LogP contribution in [0.5, 0.6) is 0 Å². The first-order valence-electron chi connectivity index (χ1n) is 6.22. The average molecular weight is 346 g/mol. The molecule has 4 nitrogen and oxygen atoms in total. The van der Waals surface area contributed by atoms with Gasteiger partial charge in [-0.3, -0.25) is 9.59 Å². The topological polar surface area (TPSA) is 46.6 Å². The predicted octanol–water partition coefficient (Wildman–Crippen LogP) is 2.74. The third-order valence-corrected chi connectivity index (χ3v) is 4.87. The summed E-state index contributed by atoms with van der Waals surface area (Å²) in [5, 5.41) is 0. The van der Waals surface area contributed by atoms with Crippen LogP contribution in [0.3, 0.4) is 0 Å². The fraction of sp³-hybridized carbons (Fsp3) is 0.538. The highest BCUT2D eigenvalue weighted by molar-refractivity contribution is 9.11. The van der Waals surface area contributed by atoms with Crippen molar-refractivity contribution >= 4 is 39.1 Å². The van der Waals surface area contributed by atoms with E-state index in [2.05, 4.69) is 26.7 Å². The highest BCUT2D eigenvalue weighted by Crippen LogP contribution is 2.31. The minimum absolute atomic E-state index is 0.124. The molecule has 0 aliphatic carbocycles. The molecule has 0 fully saturated rings. The van der Waals surface area contributed by atoms with Gasteiger partial charge in [-0.2, -0.15) is 0 Å². The Morgan fingerprint density at radius 2 is 2.26 bits per heavy atom. The molecule has 0 radical (unpaired) electrons. The van der Waals surface area contributed by atoms with Gasteiger partial charge in [-0.15, -0.1) is 11.3 Å². The molecule has 2 heterocycles. The molecule has 0 N–H and O–H groups in total. The second-order valence-electron chi connectivity index (χ2n) is 4.49. The molecule has 104 valence electrons. The van der Waals surface area contributed by atoms with E-state index in [4.69, 9.17) is 0 Å². The molecular weight excluding hydrogens is 330 g/mol. The predicted molar refractivity (Wildman–Crippen MR) is 77.0 cm³/mol. The number of nitrogens with zero attached hydrogens (tertiary/aromatic N) is 1. The Morgan fingerprint density at radius 1 is 1.47 bits per heavy atom. The van der Waals surface area contributed by atoms with E-state index < -0.39 is 0 Å². The van der Waals surface area contributed by atoms with Crippen LogP contribution in [-0.2, 0) is 27.3 Å². The van der Waals surface area contributed by atoms with Crippen LogP contribution < -0.4 is 0 Å². The average Bonchev–Trinajstić information content (AvgIpc) is 2.77. The summed E-state index contributed by atoms with van der Waals surface area (Å²) in [6.07, 6.45) is 2.20. The van der Waals surface area contributed by atoms with Crippen molar-refractivity contribution in [2.45, 2.75) is 32.2 Å². The number of esters is 1. The Hall–Kier alpha value is -0.880. The lowest BCUT2D eigenvalue weighted by Crippen LogP contribution is -2.35. The lowest BCUT2D eigenvalue weighted by atomic mass is 10.1. The zero-order valence-corrected chi connectivity index (χ0v) is 13.2. The van der Waals surface area contributed by atoms with Crippen LogP contribution in [0, 0.1) is 0 Å². The quantitative estimate of drug-likeness (QED) is 0.788. The molecule has 1 aliphatic heterocycles. The molecule has 0 saturated heterocycles. The van der Waals surface area contributed by atoms with Crippen LogP contribution in [0.1, 0.15) is 29.7 Å². The van der Waals surface area contributed by atoms with Crippen LogP contribution in [0.25, 0.3) is 0 Å². The van der Waals surface area contributed by atoms with Gasteiger partial charge in [0.2, 0.25) is 5.91 Å². The van der Waals surface area contributed by atoms with E-state index in [9.17, 15) is 9.59 Å². The van der Waals surface area contributed by atoms with Gasteiger partial charge >= 0.3 is 5.97 Å². The maximum atomic E-state index is 12.1. The molecule has 1 aliphatic rings. The number of hydrogen-bond donors (Lipinski definition) is 0. The monoisotopic (exact) mass is 345 g/mol. The van der Waals surface area contributed by atoms with Gasteiger partial charge in [-0.05, 0) is 40.4 Å². The molecule has 1 amide bonds. The van der Waals surface area contributed by atoms with Crippen LogP contribution in [0.2, 0.25) is 0 Å². The number of ether oxygens (including phenoxy) is 1. The van der Waals surface area contributed by atoms with Gasteiger partial charge in [0.15, 0.2) is 0 Å². The number of amides is 1. The highest BCUT2D eigenvalue weighted by atomic mass is 79.9. The Morgan fingerprint density at radius 3 is 3.00 bits per heavy atom. The molecule has 0 bridgehead atoms. The summed E-state index contributed by atoms with van der Waals surface area (Å²) in [5.74, 6) is -0.130. The second-order valence-corrected chi connectivity index (χ2v) is 7.01. The standard InChI is InChI=1S/C13H16BrNO3S/c1-18-13(17)4-2-3-12(16)15-6-5-9-7-11(14)19-10(9)8-15/h7H,2-6,8H2,1H3. The maximum Gasteiger partial charge on any atom is 0.305 e. The third kappa shape index (κ3) is 3.79. The summed E-state index contributed by atoms with van der Waals surface area (Å²) in [4.78, 5) is 26.2. The van der Waals surface area contributed by atoms with Crippen molar-refractivity contribution in [2.75, 3.05) is 13.7 Å². The molecule has 0 spiro atoms. The largest absolute Gasteiger partial charge is 0.469 e. The number of carbonyl (C=O) groups is 2. The van der Waals surface area contributed by atoms with E-state index in [0.717, 1.165) is 16.8 Å². The van der Waals surface area contributed by atoms with E-state index in [1.165, 1.54) is 17.6 Å². The van der Waals surface area contributed by atoms with Crippen molar-refractivity contribution in [1.82, 2.24) is 4.90 Å². The first-order chi connectivity index (χ1) is 9.10. The lowest BCUT2D eigenvalue weighted by Gasteiger charge is -2.26. The van der Waals surface area contributed by atoms with Crippen molar-refractivity contribution in [3.8, 4) is 0 Å². The van der Waals surface area contributed by atoms with Crippen molar-refractivity contribution in [1.29, 1.82) is 0 Å². The highest BCUT2D eigenvalue weighted by Gasteiger charge is 2.22. The van der Waals surface area contributed by atoms with Crippen molar-refractivity contribution in [2.24, 2.45) is 0 Å². The summed E-state index contributed by atoms with van der Waals surface area (Å²) in [5.41, 5.74) is 1.34. The van der Waals surface area contributed by atoms with Gasteiger partial charge in [0.1, 0.15) is 0 Å². The minimum Gasteiger partial charge on any atom is -0.469 e. The van der Waals surface area contributed by atoms with Crippen molar-refractivity contribution < 1.29 is 14.3 Å². The van der Waals surface area contributed by atoms with E-state index in [0.29, 0.717) is 25.8 Å². The zero-order valence-electron chi connectivity index (χ0n) is 10.8. The Balaban J connectivity index is 1.83. The number of rotatable bonds is 4. The number of thiophene rings is 1. The van der Waals surface area contributed by atoms with Crippen LogP contribution >= 0.6 is 27.3 Å². The van der Waals surface area contributed by atoms with E-state index in [1.807, 2.05) is 4.90 Å². The lowest BCUT2D eigenvalue weighted by molar-refractivity contribution is -0.140. The first kappa shape index (κ1) is 14.5. The van der Waals surface area contributed by atoms with Crippen LogP contribution in [0.4, 0.5) is 0 Å². The fourth-order valence-corrected chi connectivity index (χ4v) is 3.95. The summed E-state index contributed by atoms with van der Waals surface area (Å²) in [6, 6.07) is 2.14. The molecular formula is C13H16BrNO3S. The van der Waals surface area contributed by atoms with E-state index in [1.54, 1.807) is 11.3 Å². The van der Waals surface area contributed by atoms with Gasteiger partial charge in [0.05, 0.1) is 17.4 Å². The van der Waals surface area contributed by atoms with Gasteiger partial charge in [0.25, 0.3) is 0 Å². The number of hydrogen-bond acceptors (Lipinski definition) is 4. The molecule has 2 rings (SSSR count). The normalized spacial score (nSPS) is 14.1. The minimum atomic E-state index is -0.254. The van der Waals surface area contributed by atoms with Gasteiger partial charge in [-0.1, -0.05) is 0 Å². The Bertz CT molecular complexity index is 486. The number of fused-ring (bicyclic) bond motifs is 1. The number of halogens is 1. The second kappa shape index (κ2) is 6.52. The molecule has 0 atom stereocenters. The first-order valence-corrected chi connectivity index (χ1v) is 7.82. The molecule has 19 heavy (non-hydrogen) atoms. The number of carbonyl (C=O) groups excluding carboxylic acids is 2. The van der Waals surface area contributed by atoms with E-state index in [-0.39, 0.29) is 11.9 Å². The summed E-state index contributed by atoms with van der Waals surface area (Å²) < 4.78 is 5.68. The zero-order chi connectivity index (χ0) is 13.8. The summed E-state index contributed by atoms with van der Waals surface area (Å²) in [7, 11) is 1.37. The van der Waals surface area contributed by atoms with Crippen molar-refractivity contribution in [3.05, 3.63) is 20.3 Å². The van der Waals surface area contributed by atoms with Gasteiger partial charge in [-0.25, -0.2) is 0 Å². The van der Waals surface area contributed by atoms with E-state index >= 15 is 0 Å². The van der Waals surface area contributed by atoms with Crippen molar-refractivity contribution in [3.63, 3.8) is 0 Å². The summed E-state index contributed by atoms with van der Waals surface area (Å²) in [6.45, 7) is 1.47. The maximum absolute atomic E-state index is 12.1. The molecule has 0 saturated carbocycles. The molecule has 1 aromatic rings. The van der Waals surface area contributed by atoms with Gasteiger partial charge in [0, 0.05) is 24.3 Å². The third-order valence-electron chi connectivity index (χ3n) is 3.20. The molecule has 0 unspecified atom stereocenters. The van der Waals surface area contributed by atoms with Crippen LogP contribution in [-0.4, -0.2) is 30.4 Å². The molecule has 6 heteroatoms. The molecule has 1 aromatic heterocycles. The smallest absolute Gasteiger partial charge is 0.305 e. The van der Waals surface area contributed by atoms with Gasteiger partial charge < -0.3 is 9.64 Å². The summed E-state index contributed by atoms with van der Waals surface area (Å²) >= 11 is 5.17. The SMILES string of the molecule is COC(=O)CCCC(=O)N1CCc2cc(Br)sc2C1. The Labute approximate surface area is 124 Å². The number of methoxy groups -OCH3 is 1. The Kier molecular flexibility index (Phi) is 4.99. The fourth-order valence-electron chi connectivity index (χ4n) is 2.14. The van der Waals surface area contributed by atoms with Crippen LogP contribution in [0.15, 0.2) is 9.85 Å².